The number of ether oxygens (including phenoxy) is 1. The van der Waals surface area contributed by atoms with Crippen molar-refractivity contribution < 1.29 is 17.9 Å². The highest BCUT2D eigenvalue weighted by Gasteiger charge is 2.33. The number of hydrogen-bond acceptors (Lipinski definition) is 6. The number of carbonyl (C=O) groups excluding carboxylic acids is 1. The molecule has 0 spiro atoms. The van der Waals surface area contributed by atoms with Crippen molar-refractivity contribution in [2.45, 2.75) is 58.6 Å². The molecule has 1 fully saturated rings. The zero-order chi connectivity index (χ0) is 17.7. The Morgan fingerprint density at radius 2 is 2.09 bits per heavy atom. The molecule has 0 aliphatic carbocycles. The lowest BCUT2D eigenvalue weighted by Gasteiger charge is -2.26. The summed E-state index contributed by atoms with van der Waals surface area (Å²) in [5.74, 6) is 6.20. The van der Waals surface area contributed by atoms with E-state index < -0.39 is 15.4 Å². The lowest BCUT2D eigenvalue weighted by Crippen LogP contribution is -2.43. The molecule has 3 N–H and O–H groups in total. The molecule has 2 unspecified atom stereocenters. The number of nitrogens with one attached hydrogen (secondary N) is 1. The van der Waals surface area contributed by atoms with E-state index in [-0.39, 0.29) is 29.6 Å². The van der Waals surface area contributed by atoms with Crippen molar-refractivity contribution in [2.24, 2.45) is 11.8 Å². The number of likely N-dealkylation sites (tertiary alicyclic amines) is 1. The van der Waals surface area contributed by atoms with Crippen LogP contribution in [0, 0.1) is 5.92 Å². The molecule has 0 aromatic heterocycles. The zero-order valence-electron chi connectivity index (χ0n) is 14.7. The highest BCUT2D eigenvalue weighted by atomic mass is 32.2. The summed E-state index contributed by atoms with van der Waals surface area (Å²) >= 11 is 0. The normalized spacial score (nSPS) is 20.6. The Balaban J connectivity index is 2.47. The predicted molar refractivity (Wildman–Crippen MR) is 90.6 cm³/mol. The summed E-state index contributed by atoms with van der Waals surface area (Å²) in [6, 6.07) is 0.00879. The average molecular weight is 349 g/mol. The molecular formula is C15H31N3O4S. The molecule has 1 heterocycles. The molecule has 0 bridgehead atoms. The summed E-state index contributed by atoms with van der Waals surface area (Å²) in [6.07, 6.45) is 1.80. The molecule has 1 saturated heterocycles. The number of rotatable bonds is 7. The number of nitrogens with two attached hydrogens (primary N) is 1. The fourth-order valence-electron chi connectivity index (χ4n) is 2.73. The molecule has 0 saturated carbocycles. The Kier molecular flexibility index (Phi) is 7.29. The van der Waals surface area contributed by atoms with Gasteiger partial charge >= 0.3 is 6.09 Å². The fourth-order valence-corrected chi connectivity index (χ4v) is 3.63. The van der Waals surface area contributed by atoms with Gasteiger partial charge in [-0.25, -0.2) is 13.2 Å². The van der Waals surface area contributed by atoms with Crippen molar-refractivity contribution in [1.82, 2.24) is 10.3 Å². The first-order valence-electron chi connectivity index (χ1n) is 8.22. The third kappa shape index (κ3) is 7.05. The van der Waals surface area contributed by atoms with Crippen LogP contribution in [0.4, 0.5) is 4.79 Å². The third-order valence-corrected chi connectivity index (χ3v) is 5.86. The van der Waals surface area contributed by atoms with Gasteiger partial charge in [0.2, 0.25) is 0 Å². The molecular weight excluding hydrogens is 318 g/mol. The number of hydrogen-bond donors (Lipinski definition) is 2. The molecule has 2 atom stereocenters. The maximum Gasteiger partial charge on any atom is 0.410 e. The highest BCUT2D eigenvalue weighted by molar-refractivity contribution is 7.91. The second-order valence-electron chi connectivity index (χ2n) is 7.13. The van der Waals surface area contributed by atoms with Gasteiger partial charge in [0.1, 0.15) is 15.4 Å². The molecule has 0 radical (unpaired) electrons. The van der Waals surface area contributed by atoms with Gasteiger partial charge in [-0.1, -0.05) is 6.92 Å². The monoisotopic (exact) mass is 349 g/mol. The highest BCUT2D eigenvalue weighted by Crippen LogP contribution is 2.24. The van der Waals surface area contributed by atoms with Crippen molar-refractivity contribution >= 4 is 15.9 Å². The summed E-state index contributed by atoms with van der Waals surface area (Å²) in [7, 11) is -2.94. The summed E-state index contributed by atoms with van der Waals surface area (Å²) in [6.45, 7) is 8.42. The van der Waals surface area contributed by atoms with Crippen molar-refractivity contribution in [3.8, 4) is 0 Å². The smallest absolute Gasteiger partial charge is 0.410 e. The van der Waals surface area contributed by atoms with E-state index in [4.69, 9.17) is 10.6 Å². The van der Waals surface area contributed by atoms with Crippen LogP contribution in [0.15, 0.2) is 0 Å². The fraction of sp³-hybridized carbons (Fsp3) is 0.933. The number of sulfone groups is 1. The minimum Gasteiger partial charge on any atom is -0.444 e. The van der Waals surface area contributed by atoms with E-state index in [2.05, 4.69) is 5.43 Å². The zero-order valence-corrected chi connectivity index (χ0v) is 15.5. The molecule has 136 valence electrons. The van der Waals surface area contributed by atoms with E-state index in [1.54, 1.807) is 11.8 Å². The number of carbonyl (C=O) groups is 1. The topological polar surface area (TPSA) is 102 Å². The molecule has 8 heteroatoms. The lowest BCUT2D eigenvalue weighted by atomic mass is 9.96. The van der Waals surface area contributed by atoms with Gasteiger partial charge in [-0.3, -0.25) is 11.3 Å². The number of hydrazine groups is 1. The minimum absolute atomic E-state index is 0.00879. The number of nitrogens with zero attached hydrogens (tertiary/aromatic N) is 1. The van der Waals surface area contributed by atoms with Gasteiger partial charge in [0.25, 0.3) is 0 Å². The van der Waals surface area contributed by atoms with Crippen molar-refractivity contribution in [3.63, 3.8) is 0 Å². The van der Waals surface area contributed by atoms with Crippen LogP contribution in [0.1, 0.15) is 47.0 Å². The summed E-state index contributed by atoms with van der Waals surface area (Å²) in [4.78, 5) is 13.8. The molecule has 1 amide bonds. The van der Waals surface area contributed by atoms with Gasteiger partial charge < -0.3 is 9.64 Å². The first kappa shape index (κ1) is 20.2. The predicted octanol–water partition coefficient (Wildman–Crippen LogP) is 1.29. The van der Waals surface area contributed by atoms with E-state index in [0.717, 1.165) is 6.42 Å². The molecule has 0 aromatic carbocycles. The Hall–Kier alpha value is -0.860. The minimum atomic E-state index is -2.94. The van der Waals surface area contributed by atoms with Crippen molar-refractivity contribution in [2.75, 3.05) is 24.6 Å². The molecule has 1 rings (SSSR count). The lowest BCUT2D eigenvalue weighted by molar-refractivity contribution is 0.0285. The van der Waals surface area contributed by atoms with E-state index >= 15 is 0 Å². The van der Waals surface area contributed by atoms with Gasteiger partial charge in [0, 0.05) is 24.9 Å². The van der Waals surface area contributed by atoms with Crippen LogP contribution in [0.2, 0.25) is 0 Å². The summed E-state index contributed by atoms with van der Waals surface area (Å²) in [5.41, 5.74) is 2.28. The largest absolute Gasteiger partial charge is 0.444 e. The average Bonchev–Trinajstić information content (AvgIpc) is 2.91. The van der Waals surface area contributed by atoms with Crippen LogP contribution in [0.3, 0.4) is 0 Å². The number of amides is 1. The van der Waals surface area contributed by atoms with E-state index in [1.165, 1.54) is 0 Å². The SMILES string of the molecule is CCS(=O)(=O)CCCC(NN)C1CCN(C(=O)OC(C)(C)C)C1. The molecule has 7 nitrogen and oxygen atoms in total. The van der Waals surface area contributed by atoms with E-state index in [1.807, 2.05) is 20.8 Å². The van der Waals surface area contributed by atoms with Crippen LogP contribution in [0.5, 0.6) is 0 Å². The van der Waals surface area contributed by atoms with Crippen LogP contribution >= 0.6 is 0 Å². The molecule has 1 aliphatic rings. The van der Waals surface area contributed by atoms with Gasteiger partial charge in [-0.05, 0) is 46.0 Å². The maximum atomic E-state index is 12.1. The van der Waals surface area contributed by atoms with E-state index in [9.17, 15) is 13.2 Å². The summed E-state index contributed by atoms with van der Waals surface area (Å²) < 4.78 is 28.5. The van der Waals surface area contributed by atoms with Crippen molar-refractivity contribution in [3.05, 3.63) is 0 Å². The Labute approximate surface area is 139 Å². The molecule has 1 aliphatic heterocycles. The standard InChI is InChI=1S/C15H31N3O4S/c1-5-23(20,21)10-6-7-13(17-16)12-8-9-18(11-12)14(19)22-15(2,3)4/h12-13,17H,5-11,16H2,1-4H3. The molecule has 0 aromatic rings. The second kappa shape index (κ2) is 8.30. The van der Waals surface area contributed by atoms with Gasteiger partial charge in [0.05, 0.1) is 5.75 Å². The summed E-state index contributed by atoms with van der Waals surface area (Å²) in [5, 5.41) is 0. The van der Waals surface area contributed by atoms with Crippen LogP contribution in [0.25, 0.3) is 0 Å². The van der Waals surface area contributed by atoms with Crippen LogP contribution in [-0.2, 0) is 14.6 Å². The Morgan fingerprint density at radius 1 is 1.43 bits per heavy atom. The van der Waals surface area contributed by atoms with Gasteiger partial charge in [0.15, 0.2) is 0 Å². The molecule has 23 heavy (non-hydrogen) atoms. The Morgan fingerprint density at radius 3 is 2.61 bits per heavy atom. The maximum absolute atomic E-state index is 12.1. The van der Waals surface area contributed by atoms with Gasteiger partial charge in [-0.2, -0.15) is 0 Å². The van der Waals surface area contributed by atoms with Crippen LogP contribution in [-0.4, -0.2) is 55.6 Å². The Bertz CT molecular complexity index is 487. The van der Waals surface area contributed by atoms with Crippen LogP contribution < -0.4 is 11.3 Å². The van der Waals surface area contributed by atoms with Gasteiger partial charge in [-0.15, -0.1) is 0 Å². The van der Waals surface area contributed by atoms with E-state index in [0.29, 0.717) is 25.9 Å². The first-order valence-corrected chi connectivity index (χ1v) is 10.0. The first-order chi connectivity index (χ1) is 10.6. The third-order valence-electron chi connectivity index (χ3n) is 4.07. The van der Waals surface area contributed by atoms with Crippen molar-refractivity contribution in [1.29, 1.82) is 0 Å². The quantitative estimate of drug-likeness (QED) is 0.530. The second-order valence-corrected chi connectivity index (χ2v) is 9.60.